The van der Waals surface area contributed by atoms with Gasteiger partial charge in [0.1, 0.15) is 0 Å². The van der Waals surface area contributed by atoms with Crippen molar-refractivity contribution < 1.29 is 9.53 Å². The van der Waals surface area contributed by atoms with E-state index in [-0.39, 0.29) is 5.97 Å². The van der Waals surface area contributed by atoms with Gasteiger partial charge in [-0.15, -0.1) is 0 Å². The summed E-state index contributed by atoms with van der Waals surface area (Å²) in [4.78, 5) is 11.4. The minimum Gasteiger partial charge on any atom is -0.466 e. The summed E-state index contributed by atoms with van der Waals surface area (Å²) in [6, 6.07) is 18.1. The van der Waals surface area contributed by atoms with Gasteiger partial charge in [-0.2, -0.15) is 0 Å². The molecule has 0 bridgehead atoms. The van der Waals surface area contributed by atoms with Gasteiger partial charge < -0.3 is 4.74 Å². The number of hydrogen-bond donors (Lipinski definition) is 0. The number of carbonyl (C=O) groups excluding carboxylic acids is 1. The predicted molar refractivity (Wildman–Crippen MR) is 72.2 cm³/mol. The molecule has 0 radical (unpaired) electrons. The number of hydrogen-bond acceptors (Lipinski definition) is 2. The van der Waals surface area contributed by atoms with Gasteiger partial charge in [0.05, 0.1) is 13.0 Å². The molecule has 0 aliphatic heterocycles. The second-order valence-corrected chi connectivity index (χ2v) is 4.05. The Labute approximate surface area is 107 Å². The van der Waals surface area contributed by atoms with Crippen molar-refractivity contribution in [2.75, 3.05) is 6.61 Å². The monoisotopic (exact) mass is 240 g/mol. The van der Waals surface area contributed by atoms with E-state index in [1.54, 1.807) is 0 Å². The molecule has 0 heterocycles. The molecule has 0 atom stereocenters. The van der Waals surface area contributed by atoms with Gasteiger partial charge in [0.25, 0.3) is 0 Å². The first-order chi connectivity index (χ1) is 8.79. The highest BCUT2D eigenvalue weighted by Crippen LogP contribution is 2.20. The van der Waals surface area contributed by atoms with E-state index >= 15 is 0 Å². The van der Waals surface area contributed by atoms with Crippen molar-refractivity contribution in [2.24, 2.45) is 0 Å². The lowest BCUT2D eigenvalue weighted by molar-refractivity contribution is -0.142. The molecule has 0 amide bonds. The molecule has 0 unspecified atom stereocenters. The number of carbonyl (C=O) groups is 1. The molecule has 0 spiro atoms. The van der Waals surface area contributed by atoms with Crippen molar-refractivity contribution in [2.45, 2.75) is 13.3 Å². The van der Waals surface area contributed by atoms with Crippen LogP contribution in [0.25, 0.3) is 11.1 Å². The molecule has 2 rings (SSSR count). The van der Waals surface area contributed by atoms with Crippen molar-refractivity contribution in [3.05, 3.63) is 60.2 Å². The molecule has 0 fully saturated rings. The smallest absolute Gasteiger partial charge is 0.310 e. The maximum absolute atomic E-state index is 11.4. The maximum atomic E-state index is 11.4. The van der Waals surface area contributed by atoms with Crippen LogP contribution < -0.4 is 0 Å². The fraction of sp³-hybridized carbons (Fsp3) is 0.188. The summed E-state index contributed by atoms with van der Waals surface area (Å²) in [7, 11) is 0. The van der Waals surface area contributed by atoms with E-state index < -0.39 is 0 Å². The molecular formula is C16H16O2. The minimum absolute atomic E-state index is 0.178. The molecule has 2 nitrogen and oxygen atoms in total. The second-order valence-electron chi connectivity index (χ2n) is 4.05. The Balaban J connectivity index is 2.18. The van der Waals surface area contributed by atoms with E-state index in [0.29, 0.717) is 13.0 Å². The van der Waals surface area contributed by atoms with Gasteiger partial charge in [0.15, 0.2) is 0 Å². The normalized spacial score (nSPS) is 10.1. The Bertz CT molecular complexity index is 518. The summed E-state index contributed by atoms with van der Waals surface area (Å²) in [6.07, 6.45) is 0.328. The Hall–Kier alpha value is -2.09. The zero-order valence-corrected chi connectivity index (χ0v) is 10.4. The van der Waals surface area contributed by atoms with Crippen LogP contribution in [0.5, 0.6) is 0 Å². The summed E-state index contributed by atoms with van der Waals surface area (Å²) >= 11 is 0. The lowest BCUT2D eigenvalue weighted by atomic mass is 10.0. The fourth-order valence-electron chi connectivity index (χ4n) is 1.87. The standard InChI is InChI=1S/C16H16O2/c1-2-18-16(17)12-13-7-6-10-15(11-13)14-8-4-3-5-9-14/h3-11H,2,12H2,1H3. The van der Waals surface area contributed by atoms with Gasteiger partial charge in [-0.05, 0) is 23.6 Å². The molecule has 0 aromatic heterocycles. The van der Waals surface area contributed by atoms with E-state index in [9.17, 15) is 4.79 Å². The summed E-state index contributed by atoms with van der Waals surface area (Å²) in [5, 5.41) is 0. The molecule has 92 valence electrons. The lowest BCUT2D eigenvalue weighted by Gasteiger charge is -2.05. The van der Waals surface area contributed by atoms with Crippen LogP contribution in [-0.2, 0) is 16.0 Å². The van der Waals surface area contributed by atoms with Gasteiger partial charge in [-0.1, -0.05) is 54.6 Å². The number of ether oxygens (including phenoxy) is 1. The van der Waals surface area contributed by atoms with Crippen LogP contribution in [0.1, 0.15) is 12.5 Å². The molecule has 0 aliphatic rings. The minimum atomic E-state index is -0.178. The number of benzene rings is 2. The van der Waals surface area contributed by atoms with Crippen molar-refractivity contribution in [3.63, 3.8) is 0 Å². The van der Waals surface area contributed by atoms with Crippen LogP contribution in [0.15, 0.2) is 54.6 Å². The lowest BCUT2D eigenvalue weighted by Crippen LogP contribution is -2.07. The van der Waals surface area contributed by atoms with Gasteiger partial charge >= 0.3 is 5.97 Å². The highest BCUT2D eigenvalue weighted by atomic mass is 16.5. The van der Waals surface area contributed by atoms with Gasteiger partial charge in [-0.3, -0.25) is 4.79 Å². The van der Waals surface area contributed by atoms with E-state index in [2.05, 4.69) is 12.1 Å². The molecule has 0 saturated carbocycles. The zero-order valence-electron chi connectivity index (χ0n) is 10.4. The van der Waals surface area contributed by atoms with Crippen molar-refractivity contribution >= 4 is 5.97 Å². The first-order valence-electron chi connectivity index (χ1n) is 6.09. The fourth-order valence-corrected chi connectivity index (χ4v) is 1.87. The van der Waals surface area contributed by atoms with E-state index in [0.717, 1.165) is 16.7 Å². The van der Waals surface area contributed by atoms with Gasteiger partial charge in [0.2, 0.25) is 0 Å². The van der Waals surface area contributed by atoms with Gasteiger partial charge in [-0.25, -0.2) is 0 Å². The van der Waals surface area contributed by atoms with Crippen LogP contribution in [0, 0.1) is 0 Å². The number of esters is 1. The second kappa shape index (κ2) is 6.01. The van der Waals surface area contributed by atoms with E-state index in [4.69, 9.17) is 4.74 Å². The Morgan fingerprint density at radius 1 is 1.00 bits per heavy atom. The van der Waals surface area contributed by atoms with E-state index in [1.807, 2.05) is 49.4 Å². The maximum Gasteiger partial charge on any atom is 0.310 e. The third-order valence-corrected chi connectivity index (χ3v) is 2.69. The van der Waals surface area contributed by atoms with Crippen molar-refractivity contribution in [1.29, 1.82) is 0 Å². The third kappa shape index (κ3) is 3.20. The van der Waals surface area contributed by atoms with Gasteiger partial charge in [0, 0.05) is 0 Å². The van der Waals surface area contributed by atoms with Crippen LogP contribution in [0.3, 0.4) is 0 Å². The molecule has 2 aromatic rings. The molecule has 0 aliphatic carbocycles. The molecule has 0 saturated heterocycles. The molecule has 18 heavy (non-hydrogen) atoms. The Kier molecular flexibility index (Phi) is 4.13. The van der Waals surface area contributed by atoms with Crippen LogP contribution in [-0.4, -0.2) is 12.6 Å². The average Bonchev–Trinajstić information content (AvgIpc) is 2.40. The van der Waals surface area contributed by atoms with Crippen LogP contribution in [0.2, 0.25) is 0 Å². The summed E-state index contributed by atoms with van der Waals surface area (Å²) < 4.78 is 4.95. The molecule has 0 N–H and O–H groups in total. The largest absolute Gasteiger partial charge is 0.466 e. The SMILES string of the molecule is CCOC(=O)Cc1cccc(-c2ccccc2)c1. The highest BCUT2D eigenvalue weighted by molar-refractivity contribution is 5.74. The summed E-state index contributed by atoms with van der Waals surface area (Å²) in [6.45, 7) is 2.25. The molecule has 2 heteroatoms. The Morgan fingerprint density at radius 3 is 2.44 bits per heavy atom. The van der Waals surface area contributed by atoms with E-state index in [1.165, 1.54) is 0 Å². The van der Waals surface area contributed by atoms with Crippen molar-refractivity contribution in [1.82, 2.24) is 0 Å². The zero-order chi connectivity index (χ0) is 12.8. The Morgan fingerprint density at radius 2 is 1.72 bits per heavy atom. The number of rotatable bonds is 4. The van der Waals surface area contributed by atoms with Crippen LogP contribution >= 0.6 is 0 Å². The van der Waals surface area contributed by atoms with Crippen molar-refractivity contribution in [3.8, 4) is 11.1 Å². The summed E-state index contributed by atoms with van der Waals surface area (Å²) in [5.74, 6) is -0.178. The first kappa shape index (κ1) is 12.4. The quantitative estimate of drug-likeness (QED) is 0.765. The topological polar surface area (TPSA) is 26.3 Å². The molecular weight excluding hydrogens is 224 g/mol. The predicted octanol–water partition coefficient (Wildman–Crippen LogP) is 3.46. The summed E-state index contributed by atoms with van der Waals surface area (Å²) in [5.41, 5.74) is 3.26. The highest BCUT2D eigenvalue weighted by Gasteiger charge is 2.05. The molecule has 2 aromatic carbocycles. The van der Waals surface area contributed by atoms with Crippen LogP contribution in [0.4, 0.5) is 0 Å². The third-order valence-electron chi connectivity index (χ3n) is 2.69. The average molecular weight is 240 g/mol. The first-order valence-corrected chi connectivity index (χ1v) is 6.09.